The van der Waals surface area contributed by atoms with Gasteiger partial charge in [0.15, 0.2) is 0 Å². The van der Waals surface area contributed by atoms with Gasteiger partial charge in [0, 0.05) is 18.0 Å². The highest BCUT2D eigenvalue weighted by molar-refractivity contribution is 5.93. The third-order valence-corrected chi connectivity index (χ3v) is 4.24. The summed E-state index contributed by atoms with van der Waals surface area (Å²) in [6.07, 6.45) is 4.02. The fraction of sp³-hybridized carbons (Fsp3) is 0.150. The van der Waals surface area contributed by atoms with Crippen molar-refractivity contribution in [2.24, 2.45) is 0 Å². The monoisotopic (exact) mass is 347 g/mol. The van der Waals surface area contributed by atoms with Crippen LogP contribution in [0.25, 0.3) is 5.69 Å². The van der Waals surface area contributed by atoms with E-state index in [-0.39, 0.29) is 11.3 Å². The molecule has 0 saturated heterocycles. The van der Waals surface area contributed by atoms with Crippen molar-refractivity contribution >= 4 is 5.97 Å². The number of ether oxygens (including phenoxy) is 1. The first kappa shape index (κ1) is 17.2. The van der Waals surface area contributed by atoms with Crippen LogP contribution in [0.1, 0.15) is 32.6 Å². The SMILES string of the molecule is COC(=O)c1cc(Cc2ccc(-n3cccn3)cc2)c(C#N)c(C)c1O. The van der Waals surface area contributed by atoms with Crippen LogP contribution in [0.4, 0.5) is 0 Å². The molecule has 0 spiro atoms. The van der Waals surface area contributed by atoms with E-state index in [2.05, 4.69) is 11.2 Å². The van der Waals surface area contributed by atoms with Gasteiger partial charge in [0.1, 0.15) is 11.3 Å². The highest BCUT2D eigenvalue weighted by Gasteiger charge is 2.20. The molecule has 0 bridgehead atoms. The molecule has 130 valence electrons. The largest absolute Gasteiger partial charge is 0.507 e. The second-order valence-corrected chi connectivity index (χ2v) is 5.83. The van der Waals surface area contributed by atoms with Crippen LogP contribution in [0.15, 0.2) is 48.8 Å². The molecule has 0 unspecified atom stereocenters. The number of methoxy groups -OCH3 is 1. The van der Waals surface area contributed by atoms with Crippen molar-refractivity contribution in [2.45, 2.75) is 13.3 Å². The lowest BCUT2D eigenvalue weighted by molar-refractivity contribution is 0.0597. The number of carbonyl (C=O) groups is 1. The van der Waals surface area contributed by atoms with E-state index in [0.717, 1.165) is 11.3 Å². The van der Waals surface area contributed by atoms with E-state index in [0.29, 0.717) is 23.1 Å². The van der Waals surface area contributed by atoms with Crippen LogP contribution in [0.3, 0.4) is 0 Å². The lowest BCUT2D eigenvalue weighted by atomic mass is 9.93. The Morgan fingerprint density at radius 2 is 2.08 bits per heavy atom. The number of benzene rings is 2. The van der Waals surface area contributed by atoms with E-state index < -0.39 is 5.97 Å². The number of hydrogen-bond donors (Lipinski definition) is 1. The molecule has 0 aliphatic heterocycles. The fourth-order valence-electron chi connectivity index (χ4n) is 2.84. The van der Waals surface area contributed by atoms with E-state index in [4.69, 9.17) is 4.74 Å². The van der Waals surface area contributed by atoms with Crippen molar-refractivity contribution in [3.8, 4) is 17.5 Å². The average Bonchev–Trinajstić information content (AvgIpc) is 3.19. The summed E-state index contributed by atoms with van der Waals surface area (Å²) in [5, 5.41) is 23.8. The van der Waals surface area contributed by atoms with Crippen LogP contribution in [0.5, 0.6) is 5.75 Å². The molecule has 0 fully saturated rings. The van der Waals surface area contributed by atoms with Crippen molar-refractivity contribution < 1.29 is 14.6 Å². The highest BCUT2D eigenvalue weighted by atomic mass is 16.5. The molecule has 3 rings (SSSR count). The minimum absolute atomic E-state index is 0.0622. The summed E-state index contributed by atoms with van der Waals surface area (Å²) in [7, 11) is 1.25. The first-order valence-electron chi connectivity index (χ1n) is 7.98. The van der Waals surface area contributed by atoms with Crippen molar-refractivity contribution in [1.82, 2.24) is 9.78 Å². The maximum Gasteiger partial charge on any atom is 0.341 e. The maximum atomic E-state index is 11.9. The zero-order valence-corrected chi connectivity index (χ0v) is 14.4. The van der Waals surface area contributed by atoms with Crippen molar-refractivity contribution in [1.29, 1.82) is 5.26 Å². The summed E-state index contributed by atoms with van der Waals surface area (Å²) in [5.74, 6) is -0.850. The molecule has 0 saturated carbocycles. The van der Waals surface area contributed by atoms with Crippen molar-refractivity contribution in [2.75, 3.05) is 7.11 Å². The van der Waals surface area contributed by atoms with E-state index in [1.54, 1.807) is 17.8 Å². The predicted molar refractivity (Wildman–Crippen MR) is 95.3 cm³/mol. The van der Waals surface area contributed by atoms with Gasteiger partial charge in [0.05, 0.1) is 24.4 Å². The normalized spacial score (nSPS) is 10.3. The van der Waals surface area contributed by atoms with Gasteiger partial charge in [-0.15, -0.1) is 0 Å². The summed E-state index contributed by atoms with van der Waals surface area (Å²) in [6, 6.07) is 13.2. The first-order chi connectivity index (χ1) is 12.5. The molecule has 1 heterocycles. The molecule has 1 N–H and O–H groups in total. The summed E-state index contributed by atoms with van der Waals surface area (Å²) in [4.78, 5) is 11.9. The Morgan fingerprint density at radius 1 is 1.35 bits per heavy atom. The zero-order chi connectivity index (χ0) is 18.7. The van der Waals surface area contributed by atoms with Crippen LogP contribution in [0, 0.1) is 18.3 Å². The summed E-state index contributed by atoms with van der Waals surface area (Å²) < 4.78 is 6.47. The van der Waals surface area contributed by atoms with E-state index in [1.807, 2.05) is 36.5 Å². The van der Waals surface area contributed by atoms with Crippen molar-refractivity contribution in [3.05, 3.63) is 76.6 Å². The highest BCUT2D eigenvalue weighted by Crippen LogP contribution is 2.30. The predicted octanol–water partition coefficient (Wildman–Crippen LogP) is 3.14. The third-order valence-electron chi connectivity index (χ3n) is 4.24. The molecule has 0 aliphatic rings. The van der Waals surface area contributed by atoms with Gasteiger partial charge in [-0.3, -0.25) is 0 Å². The molecule has 0 radical (unpaired) electrons. The van der Waals surface area contributed by atoms with Gasteiger partial charge in [-0.2, -0.15) is 10.4 Å². The van der Waals surface area contributed by atoms with Crippen LogP contribution in [-0.2, 0) is 11.2 Å². The maximum absolute atomic E-state index is 11.9. The topological polar surface area (TPSA) is 88.1 Å². The Labute approximate surface area is 150 Å². The number of esters is 1. The molecule has 0 atom stereocenters. The minimum Gasteiger partial charge on any atom is -0.507 e. The number of phenols is 1. The van der Waals surface area contributed by atoms with Gasteiger partial charge < -0.3 is 9.84 Å². The number of aromatic nitrogens is 2. The lowest BCUT2D eigenvalue weighted by Crippen LogP contribution is -2.06. The molecule has 0 aliphatic carbocycles. The Bertz CT molecular complexity index is 985. The molecular formula is C20H17N3O3. The average molecular weight is 347 g/mol. The van der Waals surface area contributed by atoms with Crippen LogP contribution < -0.4 is 0 Å². The first-order valence-corrected chi connectivity index (χ1v) is 7.98. The van der Waals surface area contributed by atoms with Gasteiger partial charge in [0.2, 0.25) is 0 Å². The second-order valence-electron chi connectivity index (χ2n) is 5.83. The van der Waals surface area contributed by atoms with Gasteiger partial charge in [-0.05, 0) is 48.7 Å². The number of phenolic OH excluding ortho intramolecular Hbond substituents is 1. The summed E-state index contributed by atoms with van der Waals surface area (Å²) in [6.45, 7) is 1.62. The Morgan fingerprint density at radius 3 is 2.65 bits per heavy atom. The van der Waals surface area contributed by atoms with Gasteiger partial charge in [-0.25, -0.2) is 9.48 Å². The van der Waals surface area contributed by atoms with Gasteiger partial charge in [-0.1, -0.05) is 12.1 Å². The molecule has 26 heavy (non-hydrogen) atoms. The standard InChI is InChI=1S/C20H17N3O3/c1-13-18(12-21)15(11-17(19(13)24)20(25)26-2)10-14-4-6-16(7-5-14)23-9-3-8-22-23/h3-9,11,24H,10H2,1-2H3. The van der Waals surface area contributed by atoms with Crippen LogP contribution in [0.2, 0.25) is 0 Å². The Hall–Kier alpha value is -3.59. The second kappa shape index (κ2) is 7.11. The Balaban J connectivity index is 1.97. The number of rotatable bonds is 4. The summed E-state index contributed by atoms with van der Waals surface area (Å²) >= 11 is 0. The zero-order valence-electron chi connectivity index (χ0n) is 14.4. The minimum atomic E-state index is -0.634. The molecule has 6 heteroatoms. The number of aromatic hydroxyl groups is 1. The van der Waals surface area contributed by atoms with Crippen molar-refractivity contribution in [3.63, 3.8) is 0 Å². The van der Waals surface area contributed by atoms with E-state index in [9.17, 15) is 15.2 Å². The quantitative estimate of drug-likeness (QED) is 0.733. The lowest BCUT2D eigenvalue weighted by Gasteiger charge is -2.13. The van der Waals surface area contributed by atoms with Gasteiger partial charge >= 0.3 is 5.97 Å². The van der Waals surface area contributed by atoms with E-state index in [1.165, 1.54) is 13.2 Å². The fourth-order valence-corrected chi connectivity index (χ4v) is 2.84. The van der Waals surface area contributed by atoms with Crippen LogP contribution >= 0.6 is 0 Å². The molecule has 0 amide bonds. The number of hydrogen-bond acceptors (Lipinski definition) is 5. The molecule has 2 aromatic carbocycles. The number of nitriles is 1. The molecule has 6 nitrogen and oxygen atoms in total. The molecule has 1 aromatic heterocycles. The smallest absolute Gasteiger partial charge is 0.341 e. The Kier molecular flexibility index (Phi) is 4.72. The molecular weight excluding hydrogens is 330 g/mol. The number of carbonyl (C=O) groups excluding carboxylic acids is 1. The summed E-state index contributed by atoms with van der Waals surface area (Å²) in [5.41, 5.74) is 3.36. The number of nitrogens with zero attached hydrogens (tertiary/aromatic N) is 3. The van der Waals surface area contributed by atoms with E-state index >= 15 is 0 Å². The van der Waals surface area contributed by atoms with Crippen LogP contribution in [-0.4, -0.2) is 28.0 Å². The van der Waals surface area contributed by atoms with Gasteiger partial charge in [0.25, 0.3) is 0 Å². The third kappa shape index (κ3) is 3.15. The molecule has 3 aromatic rings.